The Labute approximate surface area is 194 Å². The lowest BCUT2D eigenvalue weighted by atomic mass is 10.1. The first-order valence-electron chi connectivity index (χ1n) is 10.2. The van der Waals surface area contributed by atoms with Crippen LogP contribution >= 0.6 is 0 Å². The van der Waals surface area contributed by atoms with Gasteiger partial charge in [-0.2, -0.15) is 4.31 Å². The zero-order valence-corrected chi connectivity index (χ0v) is 18.7. The second kappa shape index (κ2) is 8.60. The van der Waals surface area contributed by atoms with Gasteiger partial charge in [0.05, 0.1) is 36.0 Å². The first-order chi connectivity index (χ1) is 16.4. The highest BCUT2D eigenvalue weighted by Gasteiger charge is 2.33. The number of hydrogen-bond acceptors (Lipinski definition) is 8. The van der Waals surface area contributed by atoms with E-state index in [0.29, 0.717) is 22.6 Å². The molecule has 0 bridgehead atoms. The number of ether oxygens (including phenoxy) is 1. The third-order valence-electron chi connectivity index (χ3n) is 5.54. The smallest absolute Gasteiger partial charge is 0.243 e. The lowest BCUT2D eigenvalue weighted by Crippen LogP contribution is -2.25. The molecule has 1 atom stereocenters. The van der Waals surface area contributed by atoms with Gasteiger partial charge < -0.3 is 14.3 Å². The summed E-state index contributed by atoms with van der Waals surface area (Å²) in [6.07, 6.45) is 3.08. The van der Waals surface area contributed by atoms with Gasteiger partial charge in [0.1, 0.15) is 23.9 Å². The summed E-state index contributed by atoms with van der Waals surface area (Å²) in [5.41, 5.74) is 1.70. The first-order valence-corrected chi connectivity index (χ1v) is 11.7. The quantitative estimate of drug-likeness (QED) is 0.445. The van der Waals surface area contributed by atoms with E-state index < -0.39 is 21.9 Å². The number of halogens is 1. The molecule has 0 fully saturated rings. The van der Waals surface area contributed by atoms with Crippen LogP contribution in [0, 0.1) is 5.82 Å². The van der Waals surface area contributed by atoms with E-state index in [1.165, 1.54) is 42.2 Å². The number of aliphatic hydroxyl groups excluding tert-OH is 1. The topological polar surface area (TPSA) is 119 Å². The van der Waals surface area contributed by atoms with E-state index in [2.05, 4.69) is 15.0 Å². The molecule has 2 aromatic heterocycles. The van der Waals surface area contributed by atoms with Crippen molar-refractivity contribution in [3.63, 3.8) is 0 Å². The van der Waals surface area contributed by atoms with Gasteiger partial charge in [0.25, 0.3) is 0 Å². The Balaban J connectivity index is 1.39. The number of fused-ring (bicyclic) bond motifs is 1. The second-order valence-corrected chi connectivity index (χ2v) is 9.57. The van der Waals surface area contributed by atoms with Crippen molar-refractivity contribution in [1.82, 2.24) is 19.3 Å². The molecule has 11 heteroatoms. The average molecular weight is 482 g/mol. The molecule has 2 aromatic carbocycles. The summed E-state index contributed by atoms with van der Waals surface area (Å²) in [6, 6.07) is 10.5. The molecule has 1 aliphatic rings. The lowest BCUT2D eigenvalue weighted by molar-refractivity contribution is 0.209. The molecule has 1 N–H and O–H groups in total. The molecule has 0 saturated heterocycles. The Morgan fingerprint density at radius 1 is 1.18 bits per heavy atom. The van der Waals surface area contributed by atoms with E-state index in [4.69, 9.17) is 9.15 Å². The van der Waals surface area contributed by atoms with Crippen LogP contribution in [0.1, 0.15) is 28.7 Å². The molecule has 0 amide bonds. The summed E-state index contributed by atoms with van der Waals surface area (Å²) in [7, 11) is -2.49. The predicted molar refractivity (Wildman–Crippen MR) is 117 cm³/mol. The minimum absolute atomic E-state index is 0.0267. The molecule has 1 aliphatic heterocycles. The molecule has 1 unspecified atom stereocenters. The van der Waals surface area contributed by atoms with Gasteiger partial charge >= 0.3 is 0 Å². The van der Waals surface area contributed by atoms with E-state index in [1.807, 2.05) is 0 Å². The Kier molecular flexibility index (Phi) is 5.60. The molecular formula is C23H19FN4O5S. The number of nitrogens with zero attached hydrogens (tertiary/aromatic N) is 4. The molecule has 4 aromatic rings. The summed E-state index contributed by atoms with van der Waals surface area (Å²) in [6.45, 7) is 0.0113. The van der Waals surface area contributed by atoms with Crippen LogP contribution in [0.3, 0.4) is 0 Å². The van der Waals surface area contributed by atoms with Crippen LogP contribution in [-0.4, -0.2) is 39.9 Å². The predicted octanol–water partition coefficient (Wildman–Crippen LogP) is 3.07. The number of rotatable bonds is 6. The van der Waals surface area contributed by atoms with Gasteiger partial charge in [0.2, 0.25) is 15.9 Å². The molecule has 5 rings (SSSR count). The van der Waals surface area contributed by atoms with Gasteiger partial charge in [0, 0.05) is 18.3 Å². The Morgan fingerprint density at radius 2 is 2.03 bits per heavy atom. The third kappa shape index (κ3) is 3.94. The minimum Gasteiger partial charge on any atom is -0.497 e. The molecule has 34 heavy (non-hydrogen) atoms. The van der Waals surface area contributed by atoms with Gasteiger partial charge in [-0.25, -0.2) is 27.8 Å². The molecule has 0 aliphatic carbocycles. The van der Waals surface area contributed by atoms with E-state index >= 15 is 0 Å². The van der Waals surface area contributed by atoms with Crippen molar-refractivity contribution in [2.45, 2.75) is 24.1 Å². The Morgan fingerprint density at radius 3 is 2.76 bits per heavy atom. The molecule has 0 spiro atoms. The summed E-state index contributed by atoms with van der Waals surface area (Å²) in [4.78, 5) is 12.3. The molecule has 9 nitrogen and oxygen atoms in total. The fourth-order valence-electron chi connectivity index (χ4n) is 3.74. The van der Waals surface area contributed by atoms with Gasteiger partial charge in [0.15, 0.2) is 5.82 Å². The summed E-state index contributed by atoms with van der Waals surface area (Å²) < 4.78 is 52.4. The van der Waals surface area contributed by atoms with Gasteiger partial charge in [-0.3, -0.25) is 0 Å². The number of oxazole rings is 1. The highest BCUT2D eigenvalue weighted by molar-refractivity contribution is 7.89. The maximum atomic E-state index is 14.6. The zero-order valence-electron chi connectivity index (χ0n) is 17.9. The maximum Gasteiger partial charge on any atom is 0.243 e. The number of aromatic nitrogens is 3. The standard InChI is InChI=1S/C23H19FN4O5S/c1-32-16-4-2-3-14(9-16)21(29)22-26-11-15-12-28(13-20(15)27-22)34(30,31)17-5-6-18(19(24)10-17)23-25-7-8-33-23/h2-11,21,29H,12-13H2,1H3. The fourth-order valence-corrected chi connectivity index (χ4v) is 5.13. The van der Waals surface area contributed by atoms with Crippen LogP contribution in [0.5, 0.6) is 5.75 Å². The van der Waals surface area contributed by atoms with Gasteiger partial charge in [-0.15, -0.1) is 0 Å². The number of methoxy groups -OCH3 is 1. The van der Waals surface area contributed by atoms with E-state index in [0.717, 1.165) is 6.07 Å². The first kappa shape index (κ1) is 22.1. The monoisotopic (exact) mass is 482 g/mol. The normalized spacial score (nSPS) is 14.7. The van der Waals surface area contributed by atoms with Crippen LogP contribution < -0.4 is 4.74 Å². The molecular weight excluding hydrogens is 463 g/mol. The number of hydrogen-bond donors (Lipinski definition) is 1. The van der Waals surface area contributed by atoms with Crippen molar-refractivity contribution in [2.75, 3.05) is 7.11 Å². The third-order valence-corrected chi connectivity index (χ3v) is 7.33. The van der Waals surface area contributed by atoms with E-state index in [9.17, 15) is 17.9 Å². The molecule has 3 heterocycles. The number of sulfonamides is 1. The second-order valence-electron chi connectivity index (χ2n) is 7.63. The SMILES string of the molecule is COc1cccc(C(O)c2ncc3c(n2)CN(S(=O)(=O)c2ccc(-c4ncco4)c(F)c2)C3)c1. The van der Waals surface area contributed by atoms with Gasteiger partial charge in [-0.05, 0) is 35.9 Å². The number of aliphatic hydroxyl groups is 1. The van der Waals surface area contributed by atoms with Crippen LogP contribution in [0.25, 0.3) is 11.5 Å². The van der Waals surface area contributed by atoms with Crippen molar-refractivity contribution >= 4 is 10.0 Å². The minimum atomic E-state index is -4.01. The Hall–Kier alpha value is -3.67. The Bertz CT molecular complexity index is 1460. The average Bonchev–Trinajstić information content (AvgIpc) is 3.53. The maximum absolute atomic E-state index is 14.6. The van der Waals surface area contributed by atoms with Crippen LogP contribution in [0.4, 0.5) is 4.39 Å². The summed E-state index contributed by atoms with van der Waals surface area (Å²) in [5.74, 6) is 0.0276. The zero-order chi connectivity index (χ0) is 23.9. The highest BCUT2D eigenvalue weighted by atomic mass is 32.2. The largest absolute Gasteiger partial charge is 0.497 e. The van der Waals surface area contributed by atoms with E-state index in [-0.39, 0.29) is 35.3 Å². The van der Waals surface area contributed by atoms with Gasteiger partial charge in [-0.1, -0.05) is 12.1 Å². The van der Waals surface area contributed by atoms with Crippen molar-refractivity contribution in [3.05, 3.63) is 89.6 Å². The number of benzene rings is 2. The fraction of sp³-hybridized carbons (Fsp3) is 0.174. The lowest BCUT2D eigenvalue weighted by Gasteiger charge is -2.15. The highest BCUT2D eigenvalue weighted by Crippen LogP contribution is 2.31. The van der Waals surface area contributed by atoms with E-state index in [1.54, 1.807) is 24.3 Å². The van der Waals surface area contributed by atoms with Crippen LogP contribution in [0.2, 0.25) is 0 Å². The van der Waals surface area contributed by atoms with Crippen molar-refractivity contribution in [1.29, 1.82) is 0 Å². The van der Waals surface area contributed by atoms with Crippen molar-refractivity contribution < 1.29 is 27.1 Å². The molecule has 174 valence electrons. The molecule has 0 radical (unpaired) electrons. The summed E-state index contributed by atoms with van der Waals surface area (Å²) in [5, 5.41) is 10.7. The molecule has 0 saturated carbocycles. The van der Waals surface area contributed by atoms with Crippen LogP contribution in [0.15, 0.2) is 70.4 Å². The summed E-state index contributed by atoms with van der Waals surface area (Å²) >= 11 is 0. The van der Waals surface area contributed by atoms with Crippen molar-refractivity contribution in [2.24, 2.45) is 0 Å². The van der Waals surface area contributed by atoms with Crippen molar-refractivity contribution in [3.8, 4) is 17.2 Å². The van der Waals surface area contributed by atoms with Crippen LogP contribution in [-0.2, 0) is 23.1 Å².